The van der Waals surface area contributed by atoms with Crippen molar-refractivity contribution in [3.8, 4) is 11.5 Å². The van der Waals surface area contributed by atoms with Crippen molar-refractivity contribution in [1.82, 2.24) is 4.90 Å². The summed E-state index contributed by atoms with van der Waals surface area (Å²) in [6.45, 7) is 2.76. The molecule has 0 atom stereocenters. The van der Waals surface area contributed by atoms with Crippen LogP contribution in [-0.4, -0.2) is 43.2 Å². The number of amides is 2. The molecule has 30 heavy (non-hydrogen) atoms. The van der Waals surface area contributed by atoms with Crippen molar-refractivity contribution >= 4 is 17.5 Å². The third-order valence-corrected chi connectivity index (χ3v) is 4.17. The minimum absolute atomic E-state index is 0.0961. The van der Waals surface area contributed by atoms with Gasteiger partial charge in [0, 0.05) is 18.8 Å². The summed E-state index contributed by atoms with van der Waals surface area (Å²) in [5.74, 6) is -1.44. The third-order valence-electron chi connectivity index (χ3n) is 4.17. The molecule has 0 aliphatic rings. The minimum Gasteiger partial charge on any atom is -0.493 e. The van der Waals surface area contributed by atoms with Crippen molar-refractivity contribution in [2.45, 2.75) is 26.6 Å². The molecule has 0 fully saturated rings. The number of nitrogens with one attached hydrogen (secondary N) is 1. The van der Waals surface area contributed by atoms with Crippen molar-refractivity contribution in [2.75, 3.05) is 25.6 Å². The maximum absolute atomic E-state index is 12.7. The second-order valence-electron chi connectivity index (χ2n) is 6.51. The summed E-state index contributed by atoms with van der Waals surface area (Å²) in [6.07, 6.45) is -4.93. The molecule has 2 aromatic rings. The Morgan fingerprint density at radius 3 is 2.47 bits per heavy atom. The van der Waals surface area contributed by atoms with E-state index in [1.807, 2.05) is 13.0 Å². The van der Waals surface area contributed by atoms with Gasteiger partial charge in [0.2, 0.25) is 0 Å². The maximum Gasteiger partial charge on any atom is 0.471 e. The van der Waals surface area contributed by atoms with Gasteiger partial charge in [-0.3, -0.25) is 9.59 Å². The summed E-state index contributed by atoms with van der Waals surface area (Å²) < 4.78 is 48.7. The monoisotopic (exact) mass is 424 g/mol. The number of benzene rings is 2. The van der Waals surface area contributed by atoms with E-state index in [1.54, 1.807) is 30.3 Å². The number of methoxy groups -OCH3 is 1. The van der Waals surface area contributed by atoms with E-state index >= 15 is 0 Å². The van der Waals surface area contributed by atoms with Crippen LogP contribution in [0, 0.1) is 6.92 Å². The second-order valence-corrected chi connectivity index (χ2v) is 6.51. The first-order valence-electron chi connectivity index (χ1n) is 9.16. The number of alkyl halides is 3. The van der Waals surface area contributed by atoms with E-state index in [-0.39, 0.29) is 19.7 Å². The number of aryl methyl sites for hydroxylation is 1. The molecule has 6 nitrogen and oxygen atoms in total. The van der Waals surface area contributed by atoms with E-state index in [9.17, 15) is 22.8 Å². The largest absolute Gasteiger partial charge is 0.493 e. The zero-order valence-electron chi connectivity index (χ0n) is 16.9. The van der Waals surface area contributed by atoms with Crippen LogP contribution in [0.3, 0.4) is 0 Å². The van der Waals surface area contributed by atoms with Gasteiger partial charge >= 0.3 is 12.1 Å². The second kappa shape index (κ2) is 10.00. The predicted molar refractivity (Wildman–Crippen MR) is 105 cm³/mol. The molecule has 0 aliphatic carbocycles. The van der Waals surface area contributed by atoms with Crippen molar-refractivity contribution < 1.29 is 32.2 Å². The van der Waals surface area contributed by atoms with Crippen LogP contribution in [0.4, 0.5) is 18.9 Å². The fraction of sp³-hybridized carbons (Fsp3) is 0.333. The van der Waals surface area contributed by atoms with Gasteiger partial charge in [0.1, 0.15) is 0 Å². The highest BCUT2D eigenvalue weighted by molar-refractivity contribution is 5.92. The van der Waals surface area contributed by atoms with Crippen LogP contribution >= 0.6 is 0 Å². The van der Waals surface area contributed by atoms with Crippen LogP contribution in [0.25, 0.3) is 0 Å². The van der Waals surface area contributed by atoms with E-state index in [0.717, 1.165) is 5.56 Å². The Morgan fingerprint density at radius 1 is 1.10 bits per heavy atom. The lowest BCUT2D eigenvalue weighted by Gasteiger charge is -2.22. The van der Waals surface area contributed by atoms with Crippen LogP contribution in [0.15, 0.2) is 42.5 Å². The smallest absolute Gasteiger partial charge is 0.471 e. The van der Waals surface area contributed by atoms with Crippen LogP contribution in [0.1, 0.15) is 18.1 Å². The fourth-order valence-corrected chi connectivity index (χ4v) is 2.71. The molecule has 2 aromatic carbocycles. The van der Waals surface area contributed by atoms with Crippen LogP contribution < -0.4 is 14.8 Å². The van der Waals surface area contributed by atoms with Gasteiger partial charge in [-0.2, -0.15) is 13.2 Å². The molecule has 162 valence electrons. The van der Waals surface area contributed by atoms with E-state index < -0.39 is 18.0 Å². The molecular weight excluding hydrogens is 401 g/mol. The van der Waals surface area contributed by atoms with E-state index in [4.69, 9.17) is 9.47 Å². The Hall–Kier alpha value is -3.23. The molecule has 0 saturated carbocycles. The van der Waals surface area contributed by atoms with Gasteiger partial charge in [-0.15, -0.1) is 0 Å². The summed E-state index contributed by atoms with van der Waals surface area (Å²) in [5.41, 5.74) is 1.81. The van der Waals surface area contributed by atoms with Gasteiger partial charge < -0.3 is 19.7 Å². The Balaban J connectivity index is 1.99. The standard InChI is InChI=1S/C21H23F3N2O4/c1-4-26(20(28)21(22,23)24)12-15-6-5-7-16(11-15)25-19(27)13-30-17-9-8-14(2)10-18(17)29-3/h5-11H,4,12-13H2,1-3H3,(H,25,27). The van der Waals surface area contributed by atoms with Gasteiger partial charge in [-0.05, 0) is 49.2 Å². The first kappa shape index (κ1) is 23.1. The lowest BCUT2D eigenvalue weighted by Crippen LogP contribution is -2.40. The summed E-state index contributed by atoms with van der Waals surface area (Å²) in [7, 11) is 1.50. The number of halogens is 3. The van der Waals surface area contributed by atoms with Gasteiger partial charge in [0.15, 0.2) is 18.1 Å². The predicted octanol–water partition coefficient (Wildman–Crippen LogP) is 3.93. The number of hydrogen-bond donors (Lipinski definition) is 1. The van der Waals surface area contributed by atoms with Gasteiger partial charge in [0.25, 0.3) is 5.91 Å². The molecule has 2 amide bonds. The molecule has 0 heterocycles. The highest BCUT2D eigenvalue weighted by atomic mass is 19.4. The molecule has 0 bridgehead atoms. The average Bonchev–Trinajstić information content (AvgIpc) is 2.70. The topological polar surface area (TPSA) is 67.9 Å². The number of carbonyl (C=O) groups is 2. The van der Waals surface area contributed by atoms with Crippen molar-refractivity contribution in [1.29, 1.82) is 0 Å². The normalized spacial score (nSPS) is 11.0. The van der Waals surface area contributed by atoms with E-state index in [2.05, 4.69) is 5.32 Å². The van der Waals surface area contributed by atoms with Crippen molar-refractivity contribution in [3.05, 3.63) is 53.6 Å². The van der Waals surface area contributed by atoms with Crippen LogP contribution in [-0.2, 0) is 16.1 Å². The average molecular weight is 424 g/mol. The van der Waals surface area contributed by atoms with Crippen molar-refractivity contribution in [3.63, 3.8) is 0 Å². The Labute approximate surface area is 172 Å². The first-order valence-corrected chi connectivity index (χ1v) is 9.16. The lowest BCUT2D eigenvalue weighted by molar-refractivity contribution is -0.185. The molecule has 0 aliphatic heterocycles. The van der Waals surface area contributed by atoms with Crippen molar-refractivity contribution in [2.24, 2.45) is 0 Å². The maximum atomic E-state index is 12.7. The zero-order valence-corrected chi connectivity index (χ0v) is 16.9. The number of nitrogens with zero attached hydrogens (tertiary/aromatic N) is 1. The third kappa shape index (κ3) is 6.40. The molecule has 0 aromatic heterocycles. The molecule has 1 N–H and O–H groups in total. The van der Waals surface area contributed by atoms with E-state index in [1.165, 1.54) is 20.1 Å². The Bertz CT molecular complexity index is 900. The minimum atomic E-state index is -4.93. The number of anilines is 1. The highest BCUT2D eigenvalue weighted by Gasteiger charge is 2.41. The summed E-state index contributed by atoms with van der Waals surface area (Å²) >= 11 is 0. The highest BCUT2D eigenvalue weighted by Crippen LogP contribution is 2.27. The number of hydrogen-bond acceptors (Lipinski definition) is 4. The molecule has 0 unspecified atom stereocenters. The molecule has 0 saturated heterocycles. The van der Waals surface area contributed by atoms with Gasteiger partial charge in [0.05, 0.1) is 7.11 Å². The summed E-state index contributed by atoms with van der Waals surface area (Å²) in [5, 5.41) is 2.62. The Morgan fingerprint density at radius 2 is 1.83 bits per heavy atom. The fourth-order valence-electron chi connectivity index (χ4n) is 2.71. The molecule has 9 heteroatoms. The van der Waals surface area contributed by atoms with Crippen LogP contribution in [0.5, 0.6) is 11.5 Å². The summed E-state index contributed by atoms with van der Waals surface area (Å²) in [6, 6.07) is 11.6. The van der Waals surface area contributed by atoms with Crippen LogP contribution in [0.2, 0.25) is 0 Å². The number of carbonyl (C=O) groups excluding carboxylic acids is 2. The molecule has 0 spiro atoms. The first-order chi connectivity index (χ1) is 14.1. The lowest BCUT2D eigenvalue weighted by atomic mass is 10.2. The van der Waals surface area contributed by atoms with E-state index in [0.29, 0.717) is 27.6 Å². The van der Waals surface area contributed by atoms with Gasteiger partial charge in [-0.1, -0.05) is 18.2 Å². The molecular formula is C21H23F3N2O4. The Kier molecular flexibility index (Phi) is 7.68. The summed E-state index contributed by atoms with van der Waals surface area (Å²) in [4.78, 5) is 24.3. The quantitative estimate of drug-likeness (QED) is 0.697. The van der Waals surface area contributed by atoms with Gasteiger partial charge in [-0.25, -0.2) is 0 Å². The number of rotatable bonds is 8. The zero-order chi connectivity index (χ0) is 22.3. The molecule has 2 rings (SSSR count). The SMILES string of the molecule is CCN(Cc1cccc(NC(=O)COc2ccc(C)cc2OC)c1)C(=O)C(F)(F)F. The molecule has 0 radical (unpaired) electrons. The number of ether oxygens (including phenoxy) is 2.